The molecule has 0 spiro atoms. The molecule has 2 aromatic rings. The number of hydrogen-bond acceptors (Lipinski definition) is 7. The Labute approximate surface area is 390 Å². The Morgan fingerprint density at radius 3 is 1.63 bits per heavy atom. The van der Waals surface area contributed by atoms with E-state index in [2.05, 4.69) is 35.0 Å². The molecule has 0 aliphatic carbocycles. The second-order valence-corrected chi connectivity index (χ2v) is 19.5. The highest BCUT2D eigenvalue weighted by molar-refractivity contribution is 5.91. The number of nitrogens with zero attached hydrogens (tertiary/aromatic N) is 4. The van der Waals surface area contributed by atoms with Crippen molar-refractivity contribution in [3.63, 3.8) is 0 Å². The summed E-state index contributed by atoms with van der Waals surface area (Å²) in [4.78, 5) is 90.4. The molecule has 0 unspecified atom stereocenters. The molecule has 2 saturated heterocycles. The van der Waals surface area contributed by atoms with Gasteiger partial charge in [-0.15, -0.1) is 0 Å². The lowest BCUT2D eigenvalue weighted by Crippen LogP contribution is -2.59. The predicted molar refractivity (Wildman–Crippen MR) is 258 cm³/mol. The third kappa shape index (κ3) is 16.3. The maximum Gasteiger partial charge on any atom is 0.246 e. The first-order valence-corrected chi connectivity index (χ1v) is 24.6. The Bertz CT molecular complexity index is 1820. The number of benzene rings is 2. The Hall–Kier alpha value is -4.78. The highest BCUT2D eigenvalue weighted by Crippen LogP contribution is 2.27. The highest BCUT2D eigenvalue weighted by Gasteiger charge is 2.41. The van der Waals surface area contributed by atoms with E-state index in [-0.39, 0.29) is 66.3 Å². The number of unbranched alkanes of at least 4 members (excludes halogenated alkanes) is 1. The second kappa shape index (κ2) is 26.4. The minimum atomic E-state index is -0.733. The first kappa shape index (κ1) is 52.8. The average Bonchev–Trinajstić information content (AvgIpc) is 3.98. The fourth-order valence-electron chi connectivity index (χ4n) is 8.88. The van der Waals surface area contributed by atoms with Crippen molar-refractivity contribution < 1.29 is 28.8 Å². The molecule has 3 N–H and O–H groups in total. The Balaban J connectivity index is 1.48. The number of carbonyl (C=O) groups excluding carboxylic acids is 6. The zero-order chi connectivity index (χ0) is 47.5. The molecule has 6 amide bonds. The Kier molecular flexibility index (Phi) is 21.5. The predicted octanol–water partition coefficient (Wildman–Crippen LogP) is 6.14. The maximum absolute atomic E-state index is 14.3. The number of likely N-dealkylation sites (N-methyl/N-ethyl adjacent to an activating group) is 1. The van der Waals surface area contributed by atoms with Crippen LogP contribution in [-0.4, -0.2) is 132 Å². The van der Waals surface area contributed by atoms with Crippen LogP contribution in [0.3, 0.4) is 0 Å². The summed E-state index contributed by atoms with van der Waals surface area (Å²) in [5, 5.41) is 9.02. The number of likely N-dealkylation sites (tertiary alicyclic amines) is 2. The number of hydrogen-bond donors (Lipinski definition) is 3. The van der Waals surface area contributed by atoms with Crippen LogP contribution < -0.4 is 16.0 Å². The molecule has 2 fully saturated rings. The van der Waals surface area contributed by atoms with Gasteiger partial charge in [0.1, 0.15) is 12.1 Å². The van der Waals surface area contributed by atoms with Crippen LogP contribution in [0.2, 0.25) is 0 Å². The van der Waals surface area contributed by atoms with Gasteiger partial charge in [-0.05, 0) is 88.3 Å². The van der Waals surface area contributed by atoms with Gasteiger partial charge in [0, 0.05) is 70.1 Å². The molecule has 2 aromatic carbocycles. The zero-order valence-electron chi connectivity index (χ0n) is 40.9. The van der Waals surface area contributed by atoms with Crippen LogP contribution in [0.25, 0.3) is 0 Å². The topological polar surface area (TPSA) is 151 Å². The molecule has 0 saturated carbocycles. The minimum Gasteiger partial charge on any atom is -0.344 e. The van der Waals surface area contributed by atoms with E-state index in [0.29, 0.717) is 71.4 Å². The molecule has 0 aromatic heterocycles. The van der Waals surface area contributed by atoms with E-state index < -0.39 is 23.5 Å². The van der Waals surface area contributed by atoms with E-state index in [9.17, 15) is 28.8 Å². The van der Waals surface area contributed by atoms with Crippen LogP contribution >= 0.6 is 0 Å². The molecule has 0 radical (unpaired) electrons. The smallest absolute Gasteiger partial charge is 0.246 e. The van der Waals surface area contributed by atoms with Gasteiger partial charge in [0.05, 0.1) is 6.04 Å². The first-order chi connectivity index (χ1) is 31.1. The summed E-state index contributed by atoms with van der Waals surface area (Å²) in [7, 11) is 1.71. The third-order valence-electron chi connectivity index (χ3n) is 13.4. The molecule has 4 rings (SSSR count). The minimum absolute atomic E-state index is 0.0492. The molecule has 2 heterocycles. The second-order valence-electron chi connectivity index (χ2n) is 19.5. The number of nitrogens with one attached hydrogen (secondary N) is 3. The van der Waals surface area contributed by atoms with E-state index >= 15 is 0 Å². The molecule has 13 heteroatoms. The first-order valence-electron chi connectivity index (χ1n) is 24.6. The van der Waals surface area contributed by atoms with Crippen LogP contribution in [0.5, 0.6) is 0 Å². The summed E-state index contributed by atoms with van der Waals surface area (Å²) < 4.78 is 0. The van der Waals surface area contributed by atoms with Gasteiger partial charge in [-0.1, -0.05) is 115 Å². The van der Waals surface area contributed by atoms with Gasteiger partial charge in [-0.2, -0.15) is 0 Å². The van der Waals surface area contributed by atoms with E-state index in [1.807, 2.05) is 103 Å². The fourth-order valence-corrected chi connectivity index (χ4v) is 8.88. The number of amides is 6. The molecule has 360 valence electrons. The lowest BCUT2D eigenvalue weighted by molar-refractivity contribution is -0.142. The summed E-state index contributed by atoms with van der Waals surface area (Å²) >= 11 is 0. The standard InChI is InChI=1S/C52H81N7O6/c1-9-11-27-44(54-48(62)38(3)10-2)50(64)58-32-19-25-42(58)36-56(34-30-40-21-14-12-15-22-40)45(60)28-18-29-46(61)57(35-31-41-23-16-13-17-24-41)37-43-26-20-33-59(43)51(65)47(52(5,6)7)55-49(63)39(4)53-8/h12-17,21-24,38-39,42-44,47,53H,9-11,18-20,25-37H2,1-8H3,(H,54,62)(H,55,63)/t38-,39+,42+,43+,44+,47-/m1/s1. The highest BCUT2D eigenvalue weighted by atomic mass is 16.2. The van der Waals surface area contributed by atoms with Crippen molar-refractivity contribution in [3.8, 4) is 0 Å². The van der Waals surface area contributed by atoms with Crippen molar-refractivity contribution in [2.24, 2.45) is 11.3 Å². The van der Waals surface area contributed by atoms with Gasteiger partial charge in [0.25, 0.3) is 0 Å². The lowest BCUT2D eigenvalue weighted by atomic mass is 9.85. The Morgan fingerprint density at radius 2 is 1.18 bits per heavy atom. The van der Waals surface area contributed by atoms with Crippen LogP contribution in [0.1, 0.15) is 130 Å². The average molecular weight is 900 g/mol. The SMILES string of the molecule is CCCC[C@H](NC(=O)[C@H](C)CC)C(=O)N1CCC[C@H]1CN(CCc1ccccc1)C(=O)CCCC(=O)N(CCc1ccccc1)C[C@@H]1CCCN1C(=O)[C@@H](NC(=O)[C@H](C)NC)C(C)(C)C. The summed E-state index contributed by atoms with van der Waals surface area (Å²) in [6.45, 7) is 16.4. The molecule has 6 atom stereocenters. The fraction of sp³-hybridized carbons (Fsp3) is 0.654. The third-order valence-corrected chi connectivity index (χ3v) is 13.4. The Morgan fingerprint density at radius 1 is 0.692 bits per heavy atom. The van der Waals surface area contributed by atoms with Crippen molar-refractivity contribution in [2.45, 2.75) is 162 Å². The van der Waals surface area contributed by atoms with Crippen molar-refractivity contribution in [1.82, 2.24) is 35.6 Å². The van der Waals surface area contributed by atoms with Crippen molar-refractivity contribution in [1.29, 1.82) is 0 Å². The van der Waals surface area contributed by atoms with E-state index in [4.69, 9.17) is 0 Å². The molecule has 13 nitrogen and oxygen atoms in total. The van der Waals surface area contributed by atoms with Crippen LogP contribution in [0.4, 0.5) is 0 Å². The molecular formula is C52H81N7O6. The lowest BCUT2D eigenvalue weighted by Gasteiger charge is -2.37. The molecular weight excluding hydrogens is 819 g/mol. The van der Waals surface area contributed by atoms with Gasteiger partial charge in [-0.3, -0.25) is 28.8 Å². The van der Waals surface area contributed by atoms with Gasteiger partial charge in [-0.25, -0.2) is 0 Å². The quantitative estimate of drug-likeness (QED) is 0.108. The van der Waals surface area contributed by atoms with Crippen molar-refractivity contribution in [2.75, 3.05) is 46.3 Å². The summed E-state index contributed by atoms with van der Waals surface area (Å²) in [6, 6.07) is 17.9. The monoisotopic (exact) mass is 900 g/mol. The van der Waals surface area contributed by atoms with E-state index in [0.717, 1.165) is 49.7 Å². The van der Waals surface area contributed by atoms with Crippen LogP contribution in [-0.2, 0) is 41.6 Å². The van der Waals surface area contributed by atoms with Gasteiger partial charge < -0.3 is 35.6 Å². The summed E-state index contributed by atoms with van der Waals surface area (Å²) in [6.07, 6.45) is 8.20. The van der Waals surface area contributed by atoms with E-state index in [1.54, 1.807) is 14.0 Å². The van der Waals surface area contributed by atoms with Gasteiger partial charge in [0.2, 0.25) is 35.4 Å². The largest absolute Gasteiger partial charge is 0.344 e. The molecule has 0 bridgehead atoms. The summed E-state index contributed by atoms with van der Waals surface area (Å²) in [5.41, 5.74) is 1.69. The molecule has 2 aliphatic rings. The summed E-state index contributed by atoms with van der Waals surface area (Å²) in [5.74, 6) is -0.839. The van der Waals surface area contributed by atoms with Crippen LogP contribution in [0, 0.1) is 11.3 Å². The number of carbonyl (C=O) groups is 6. The van der Waals surface area contributed by atoms with Crippen molar-refractivity contribution >= 4 is 35.4 Å². The van der Waals surface area contributed by atoms with Crippen molar-refractivity contribution in [3.05, 3.63) is 71.8 Å². The van der Waals surface area contributed by atoms with Crippen LogP contribution in [0.15, 0.2) is 60.7 Å². The molecule has 2 aliphatic heterocycles. The molecule has 65 heavy (non-hydrogen) atoms. The number of rotatable bonds is 25. The van der Waals surface area contributed by atoms with E-state index in [1.165, 1.54) is 0 Å². The maximum atomic E-state index is 14.3. The normalized spacial score (nSPS) is 18.1. The van der Waals surface area contributed by atoms with Gasteiger partial charge in [0.15, 0.2) is 0 Å². The van der Waals surface area contributed by atoms with Gasteiger partial charge >= 0.3 is 0 Å². The zero-order valence-corrected chi connectivity index (χ0v) is 40.9.